The second kappa shape index (κ2) is 4.21. The van der Waals surface area contributed by atoms with Crippen LogP contribution in [0.15, 0.2) is 42.7 Å². The Kier molecular flexibility index (Phi) is 2.41. The third-order valence-corrected chi connectivity index (χ3v) is 2.31. The van der Waals surface area contributed by atoms with E-state index in [1.165, 1.54) is 17.2 Å². The highest BCUT2D eigenvalue weighted by Gasteiger charge is 2.07. The first kappa shape index (κ1) is 10.3. The molecule has 0 unspecified atom stereocenters. The van der Waals surface area contributed by atoms with Gasteiger partial charge in [-0.05, 0) is 5.21 Å². The Labute approximate surface area is 102 Å². The van der Waals surface area contributed by atoms with Gasteiger partial charge < -0.3 is 5.73 Å². The number of aromatic nitrogens is 6. The molecule has 0 radical (unpaired) electrons. The number of nitrogens with two attached hydrogens (primary N) is 1. The molecule has 18 heavy (non-hydrogen) atoms. The predicted molar refractivity (Wildman–Crippen MR) is 64.6 cm³/mol. The molecule has 0 bridgehead atoms. The number of nitrogens with zero attached hydrogens (tertiary/aromatic N) is 6. The summed E-state index contributed by atoms with van der Waals surface area (Å²) < 4.78 is 0. The fraction of sp³-hybridized carbons (Fsp3) is 0. The molecule has 0 aliphatic carbocycles. The average Bonchev–Trinajstić information content (AvgIpc) is 2.90. The van der Waals surface area contributed by atoms with Gasteiger partial charge in [0.15, 0.2) is 5.82 Å². The molecule has 0 atom stereocenters. The molecule has 0 spiro atoms. The number of hydrogen-bond donors (Lipinski definition) is 1. The lowest BCUT2D eigenvalue weighted by Gasteiger charge is -1.96. The molecular weight excluding hydrogens is 230 g/mol. The molecule has 0 aliphatic heterocycles. The molecule has 88 valence electrons. The van der Waals surface area contributed by atoms with Gasteiger partial charge in [-0.1, -0.05) is 30.3 Å². The molecule has 7 heteroatoms. The van der Waals surface area contributed by atoms with Crippen molar-refractivity contribution in [3.05, 3.63) is 42.7 Å². The summed E-state index contributed by atoms with van der Waals surface area (Å²) in [4.78, 5) is 9.30. The fourth-order valence-electron chi connectivity index (χ4n) is 1.45. The van der Waals surface area contributed by atoms with Gasteiger partial charge in [0.1, 0.15) is 5.82 Å². The smallest absolute Gasteiger partial charge is 0.205 e. The number of tetrazole rings is 1. The second-order valence-electron chi connectivity index (χ2n) is 3.57. The Morgan fingerprint density at radius 2 is 1.83 bits per heavy atom. The van der Waals surface area contributed by atoms with E-state index < -0.39 is 0 Å². The molecule has 0 aliphatic rings. The van der Waals surface area contributed by atoms with Crippen LogP contribution >= 0.6 is 0 Å². The summed E-state index contributed by atoms with van der Waals surface area (Å²) in [6.07, 6.45) is 2.94. The summed E-state index contributed by atoms with van der Waals surface area (Å²) in [5, 5.41) is 12.1. The molecule has 7 nitrogen and oxygen atoms in total. The van der Waals surface area contributed by atoms with Crippen molar-refractivity contribution in [2.24, 2.45) is 0 Å². The standard InChI is InChI=1S/C11H9N7/c12-9-6-14-10(7-13-9)18-16-11(15-17-18)8-4-2-1-3-5-8/h1-7H,(H2,12,13). The van der Waals surface area contributed by atoms with E-state index in [1.54, 1.807) is 0 Å². The Morgan fingerprint density at radius 3 is 2.56 bits per heavy atom. The van der Waals surface area contributed by atoms with Crippen LogP contribution in [0.1, 0.15) is 0 Å². The Hall–Kier alpha value is -2.83. The summed E-state index contributed by atoms with van der Waals surface area (Å²) in [7, 11) is 0. The van der Waals surface area contributed by atoms with Crippen LogP contribution in [0.2, 0.25) is 0 Å². The van der Waals surface area contributed by atoms with Crippen LogP contribution in [-0.2, 0) is 0 Å². The van der Waals surface area contributed by atoms with Gasteiger partial charge in [0.2, 0.25) is 5.82 Å². The molecule has 3 rings (SSSR count). The normalized spacial score (nSPS) is 10.4. The zero-order valence-electron chi connectivity index (χ0n) is 9.30. The van der Waals surface area contributed by atoms with Gasteiger partial charge in [0, 0.05) is 5.56 Å². The predicted octanol–water partition coefficient (Wildman–Crippen LogP) is 0.701. The van der Waals surface area contributed by atoms with Crippen LogP contribution in [0, 0.1) is 0 Å². The summed E-state index contributed by atoms with van der Waals surface area (Å²) in [5.41, 5.74) is 6.36. The van der Waals surface area contributed by atoms with Gasteiger partial charge in [0.25, 0.3) is 0 Å². The van der Waals surface area contributed by atoms with Crippen LogP contribution in [0.5, 0.6) is 0 Å². The number of rotatable bonds is 2. The van der Waals surface area contributed by atoms with Gasteiger partial charge in [0.05, 0.1) is 12.4 Å². The molecule has 2 heterocycles. The van der Waals surface area contributed by atoms with Crippen molar-refractivity contribution in [2.75, 3.05) is 5.73 Å². The van der Waals surface area contributed by atoms with E-state index >= 15 is 0 Å². The van der Waals surface area contributed by atoms with E-state index in [2.05, 4.69) is 25.4 Å². The molecule has 2 aromatic heterocycles. The van der Waals surface area contributed by atoms with Crippen molar-refractivity contribution >= 4 is 5.82 Å². The van der Waals surface area contributed by atoms with Crippen molar-refractivity contribution in [1.29, 1.82) is 0 Å². The Morgan fingerprint density at radius 1 is 1.00 bits per heavy atom. The number of nitrogen functional groups attached to an aromatic ring is 1. The Bertz CT molecular complexity index is 645. The minimum Gasteiger partial charge on any atom is -0.382 e. The van der Waals surface area contributed by atoms with E-state index in [4.69, 9.17) is 5.73 Å². The third kappa shape index (κ3) is 1.88. The van der Waals surface area contributed by atoms with E-state index in [-0.39, 0.29) is 0 Å². The number of hydrogen-bond acceptors (Lipinski definition) is 6. The third-order valence-electron chi connectivity index (χ3n) is 2.31. The first-order valence-corrected chi connectivity index (χ1v) is 5.26. The fourth-order valence-corrected chi connectivity index (χ4v) is 1.45. The van der Waals surface area contributed by atoms with Gasteiger partial charge in [-0.3, -0.25) is 0 Å². The van der Waals surface area contributed by atoms with Gasteiger partial charge in [-0.15, -0.1) is 15.0 Å². The number of benzene rings is 1. The van der Waals surface area contributed by atoms with Crippen LogP contribution in [-0.4, -0.2) is 30.2 Å². The summed E-state index contributed by atoms with van der Waals surface area (Å²) in [6.45, 7) is 0. The maximum absolute atomic E-state index is 5.46. The van der Waals surface area contributed by atoms with Crippen molar-refractivity contribution < 1.29 is 0 Å². The first-order chi connectivity index (χ1) is 8.83. The largest absolute Gasteiger partial charge is 0.382 e. The first-order valence-electron chi connectivity index (χ1n) is 5.26. The highest BCUT2D eigenvalue weighted by atomic mass is 15.6. The van der Waals surface area contributed by atoms with Crippen molar-refractivity contribution in [1.82, 2.24) is 30.2 Å². The van der Waals surface area contributed by atoms with Crippen LogP contribution < -0.4 is 5.73 Å². The quantitative estimate of drug-likeness (QED) is 0.707. The van der Waals surface area contributed by atoms with E-state index in [9.17, 15) is 0 Å². The highest BCUT2D eigenvalue weighted by Crippen LogP contribution is 2.12. The Balaban J connectivity index is 1.97. The van der Waals surface area contributed by atoms with Gasteiger partial charge in [-0.25, -0.2) is 9.97 Å². The van der Waals surface area contributed by atoms with Crippen molar-refractivity contribution in [2.45, 2.75) is 0 Å². The van der Waals surface area contributed by atoms with Crippen LogP contribution in [0.25, 0.3) is 17.2 Å². The maximum atomic E-state index is 5.46. The molecule has 0 saturated heterocycles. The minimum atomic E-state index is 0.349. The minimum absolute atomic E-state index is 0.349. The molecule has 0 amide bonds. The molecular formula is C11H9N7. The van der Waals surface area contributed by atoms with Crippen molar-refractivity contribution in [3.8, 4) is 17.2 Å². The zero-order valence-corrected chi connectivity index (χ0v) is 9.30. The highest BCUT2D eigenvalue weighted by molar-refractivity contribution is 5.53. The average molecular weight is 239 g/mol. The van der Waals surface area contributed by atoms with Crippen molar-refractivity contribution in [3.63, 3.8) is 0 Å². The summed E-state index contributed by atoms with van der Waals surface area (Å²) in [5.74, 6) is 1.36. The van der Waals surface area contributed by atoms with Crippen LogP contribution in [0.4, 0.5) is 5.82 Å². The lowest BCUT2D eigenvalue weighted by Crippen LogP contribution is -2.03. The topological polar surface area (TPSA) is 95.4 Å². The van der Waals surface area contributed by atoms with E-state index in [1.807, 2.05) is 30.3 Å². The van der Waals surface area contributed by atoms with E-state index in [0.717, 1.165) is 5.56 Å². The van der Waals surface area contributed by atoms with E-state index in [0.29, 0.717) is 17.5 Å². The summed E-state index contributed by atoms with van der Waals surface area (Å²) in [6, 6.07) is 9.59. The molecule has 0 saturated carbocycles. The lowest BCUT2D eigenvalue weighted by atomic mass is 10.2. The molecule has 0 fully saturated rings. The van der Waals surface area contributed by atoms with Crippen LogP contribution in [0.3, 0.4) is 0 Å². The molecule has 1 aromatic carbocycles. The molecule has 2 N–H and O–H groups in total. The van der Waals surface area contributed by atoms with Gasteiger partial charge >= 0.3 is 0 Å². The second-order valence-corrected chi connectivity index (χ2v) is 3.57. The SMILES string of the molecule is Nc1cnc(-n2nnc(-c3ccccc3)n2)cn1. The monoisotopic (exact) mass is 239 g/mol. The lowest BCUT2D eigenvalue weighted by molar-refractivity contribution is 0.697. The zero-order chi connectivity index (χ0) is 12.4. The summed E-state index contributed by atoms with van der Waals surface area (Å²) >= 11 is 0. The molecule has 3 aromatic rings. The van der Waals surface area contributed by atoms with Gasteiger partial charge in [-0.2, -0.15) is 0 Å². The maximum Gasteiger partial charge on any atom is 0.205 e. The number of anilines is 1.